The van der Waals surface area contributed by atoms with Crippen LogP contribution < -0.4 is 11.1 Å². The lowest BCUT2D eigenvalue weighted by atomic mass is 9.97. The molecule has 5 heteroatoms. The first kappa shape index (κ1) is 14.3. The van der Waals surface area contributed by atoms with E-state index in [0.29, 0.717) is 11.3 Å². The molecule has 4 N–H and O–H groups in total. The zero-order valence-corrected chi connectivity index (χ0v) is 12.6. The Morgan fingerprint density at radius 3 is 2.68 bits per heavy atom. The van der Waals surface area contributed by atoms with E-state index in [-0.39, 0.29) is 12.5 Å². The summed E-state index contributed by atoms with van der Waals surface area (Å²) < 4.78 is 0.783. The van der Waals surface area contributed by atoms with Crippen LogP contribution in [0.25, 0.3) is 0 Å². The zero-order chi connectivity index (χ0) is 14.0. The minimum atomic E-state index is -0.458. The van der Waals surface area contributed by atoms with Crippen LogP contribution in [0.2, 0.25) is 0 Å². The molecule has 1 aromatic carbocycles. The summed E-state index contributed by atoms with van der Waals surface area (Å²) in [5, 5.41) is 12.5. The predicted molar refractivity (Wildman–Crippen MR) is 79.0 cm³/mol. The number of carbonyl (C=O) groups is 1. The maximum Gasteiger partial charge on any atom is 0.252 e. The number of halogens is 1. The molecule has 4 nitrogen and oxygen atoms in total. The van der Waals surface area contributed by atoms with Crippen LogP contribution in [-0.4, -0.2) is 23.2 Å². The Hall–Kier alpha value is -1.07. The lowest BCUT2D eigenvalue weighted by Crippen LogP contribution is -2.49. The van der Waals surface area contributed by atoms with Crippen molar-refractivity contribution in [2.45, 2.75) is 38.1 Å². The maximum atomic E-state index is 12.4. The molecule has 0 unspecified atom stereocenters. The maximum absolute atomic E-state index is 12.4. The van der Waals surface area contributed by atoms with Crippen molar-refractivity contribution < 1.29 is 9.90 Å². The Morgan fingerprint density at radius 2 is 2.11 bits per heavy atom. The van der Waals surface area contributed by atoms with Gasteiger partial charge in [-0.15, -0.1) is 0 Å². The van der Waals surface area contributed by atoms with Crippen molar-refractivity contribution in [1.82, 2.24) is 5.32 Å². The van der Waals surface area contributed by atoms with Crippen molar-refractivity contribution in [2.24, 2.45) is 0 Å². The van der Waals surface area contributed by atoms with Gasteiger partial charge in [0.1, 0.15) is 0 Å². The van der Waals surface area contributed by atoms with Gasteiger partial charge < -0.3 is 16.2 Å². The van der Waals surface area contributed by atoms with Crippen molar-refractivity contribution in [3.8, 4) is 0 Å². The van der Waals surface area contributed by atoms with E-state index in [1.807, 2.05) is 6.92 Å². The van der Waals surface area contributed by atoms with E-state index < -0.39 is 5.54 Å². The van der Waals surface area contributed by atoms with Crippen LogP contribution in [-0.2, 0) is 0 Å². The molecule has 19 heavy (non-hydrogen) atoms. The number of rotatable bonds is 3. The SMILES string of the molecule is Cc1c(N)cc(Br)cc1C(=O)NC1(CO)CCCC1. The first-order chi connectivity index (χ1) is 8.97. The highest BCUT2D eigenvalue weighted by molar-refractivity contribution is 9.10. The number of aliphatic hydroxyl groups excluding tert-OH is 1. The molecule has 1 aliphatic carbocycles. The number of amides is 1. The van der Waals surface area contributed by atoms with Gasteiger partial charge in [-0.05, 0) is 37.5 Å². The van der Waals surface area contributed by atoms with Gasteiger partial charge >= 0.3 is 0 Å². The van der Waals surface area contributed by atoms with Crippen LogP contribution in [0.3, 0.4) is 0 Å². The summed E-state index contributed by atoms with van der Waals surface area (Å²) >= 11 is 3.35. The molecule has 1 aliphatic rings. The lowest BCUT2D eigenvalue weighted by Gasteiger charge is -2.28. The minimum absolute atomic E-state index is 0.0126. The van der Waals surface area contributed by atoms with Crippen molar-refractivity contribution in [3.63, 3.8) is 0 Å². The van der Waals surface area contributed by atoms with Crippen LogP contribution in [0.5, 0.6) is 0 Å². The summed E-state index contributed by atoms with van der Waals surface area (Å²) in [5.74, 6) is -0.165. The van der Waals surface area contributed by atoms with Crippen LogP contribution in [0.4, 0.5) is 5.69 Å². The van der Waals surface area contributed by atoms with Gasteiger partial charge in [-0.3, -0.25) is 4.79 Å². The lowest BCUT2D eigenvalue weighted by molar-refractivity contribution is 0.0838. The first-order valence-electron chi connectivity index (χ1n) is 6.46. The normalized spacial score (nSPS) is 17.4. The fourth-order valence-electron chi connectivity index (χ4n) is 2.62. The zero-order valence-electron chi connectivity index (χ0n) is 11.0. The van der Waals surface area contributed by atoms with E-state index in [1.54, 1.807) is 12.1 Å². The molecule has 0 saturated heterocycles. The van der Waals surface area contributed by atoms with Crippen molar-refractivity contribution >= 4 is 27.5 Å². The summed E-state index contributed by atoms with van der Waals surface area (Å²) in [7, 11) is 0. The van der Waals surface area contributed by atoms with E-state index in [9.17, 15) is 9.90 Å². The number of aliphatic hydroxyl groups is 1. The van der Waals surface area contributed by atoms with E-state index in [2.05, 4.69) is 21.2 Å². The van der Waals surface area contributed by atoms with Gasteiger partial charge in [0.05, 0.1) is 12.1 Å². The summed E-state index contributed by atoms with van der Waals surface area (Å²) in [6, 6.07) is 3.55. The van der Waals surface area contributed by atoms with E-state index >= 15 is 0 Å². The largest absolute Gasteiger partial charge is 0.398 e. The Morgan fingerprint density at radius 1 is 1.47 bits per heavy atom. The molecule has 0 aliphatic heterocycles. The third-order valence-electron chi connectivity index (χ3n) is 3.90. The standard InChI is InChI=1S/C14H19BrN2O2/c1-9-11(6-10(15)7-12(9)16)13(19)17-14(8-18)4-2-3-5-14/h6-7,18H,2-5,8,16H2,1H3,(H,17,19). The Balaban J connectivity index is 2.25. The second-order valence-electron chi connectivity index (χ2n) is 5.27. The van der Waals surface area contributed by atoms with Crippen LogP contribution >= 0.6 is 15.9 Å². The number of anilines is 1. The average molecular weight is 327 g/mol. The number of nitrogen functional groups attached to an aromatic ring is 1. The van der Waals surface area contributed by atoms with Crippen LogP contribution in [0.15, 0.2) is 16.6 Å². The third kappa shape index (κ3) is 2.92. The quantitative estimate of drug-likeness (QED) is 0.746. The van der Waals surface area contributed by atoms with Crippen molar-refractivity contribution in [3.05, 3.63) is 27.7 Å². The number of hydrogen-bond acceptors (Lipinski definition) is 3. The highest BCUT2D eigenvalue weighted by Gasteiger charge is 2.35. The van der Waals surface area contributed by atoms with Gasteiger partial charge in [0.2, 0.25) is 0 Å². The Bertz CT molecular complexity index is 496. The van der Waals surface area contributed by atoms with E-state index in [1.165, 1.54) is 0 Å². The fourth-order valence-corrected chi connectivity index (χ4v) is 3.09. The molecule has 0 bridgehead atoms. The number of carbonyl (C=O) groups excluding carboxylic acids is 1. The van der Waals surface area contributed by atoms with Crippen molar-refractivity contribution in [1.29, 1.82) is 0 Å². The third-order valence-corrected chi connectivity index (χ3v) is 4.36. The highest BCUT2D eigenvalue weighted by Crippen LogP contribution is 2.30. The van der Waals surface area contributed by atoms with Crippen LogP contribution in [0, 0.1) is 6.92 Å². The smallest absolute Gasteiger partial charge is 0.252 e. The van der Waals surface area contributed by atoms with Gasteiger partial charge in [0.25, 0.3) is 5.91 Å². The molecule has 1 saturated carbocycles. The molecule has 1 aromatic rings. The Kier molecular flexibility index (Phi) is 4.16. The van der Waals surface area contributed by atoms with Crippen LogP contribution in [0.1, 0.15) is 41.6 Å². The Labute approximate surface area is 121 Å². The van der Waals surface area contributed by atoms with Crippen molar-refractivity contribution in [2.75, 3.05) is 12.3 Å². The second kappa shape index (κ2) is 5.51. The summed E-state index contributed by atoms with van der Waals surface area (Å²) in [5.41, 5.74) is 7.33. The van der Waals surface area contributed by atoms with E-state index in [0.717, 1.165) is 35.7 Å². The second-order valence-corrected chi connectivity index (χ2v) is 6.18. The monoisotopic (exact) mass is 326 g/mol. The minimum Gasteiger partial charge on any atom is -0.398 e. The fraction of sp³-hybridized carbons (Fsp3) is 0.500. The topological polar surface area (TPSA) is 75.4 Å². The molecule has 0 aromatic heterocycles. The first-order valence-corrected chi connectivity index (χ1v) is 7.26. The average Bonchev–Trinajstić information content (AvgIpc) is 2.82. The van der Waals surface area contributed by atoms with Gasteiger partial charge in [-0.1, -0.05) is 28.8 Å². The summed E-state index contributed by atoms with van der Waals surface area (Å²) in [6.07, 6.45) is 3.75. The highest BCUT2D eigenvalue weighted by atomic mass is 79.9. The number of benzene rings is 1. The molecular weight excluding hydrogens is 308 g/mol. The molecule has 104 valence electrons. The van der Waals surface area contributed by atoms with Gasteiger partial charge in [-0.2, -0.15) is 0 Å². The molecule has 1 fully saturated rings. The molecule has 0 spiro atoms. The molecule has 0 radical (unpaired) electrons. The predicted octanol–water partition coefficient (Wildman–Crippen LogP) is 2.37. The van der Waals surface area contributed by atoms with E-state index in [4.69, 9.17) is 5.73 Å². The molecular formula is C14H19BrN2O2. The molecule has 2 rings (SSSR count). The van der Waals surface area contributed by atoms with Gasteiger partial charge in [0, 0.05) is 15.7 Å². The summed E-state index contributed by atoms with van der Waals surface area (Å²) in [4.78, 5) is 12.4. The summed E-state index contributed by atoms with van der Waals surface area (Å²) in [6.45, 7) is 1.82. The van der Waals surface area contributed by atoms with Gasteiger partial charge in [-0.25, -0.2) is 0 Å². The number of nitrogens with one attached hydrogen (secondary N) is 1. The molecule has 0 atom stereocenters. The molecule has 1 amide bonds. The number of hydrogen-bond donors (Lipinski definition) is 3. The van der Waals surface area contributed by atoms with Gasteiger partial charge in [0.15, 0.2) is 0 Å². The molecule has 0 heterocycles. The number of nitrogens with two attached hydrogens (primary N) is 1.